The van der Waals surface area contributed by atoms with E-state index in [1.807, 2.05) is 6.92 Å². The maximum absolute atomic E-state index is 11.3. The van der Waals surface area contributed by atoms with Crippen LogP contribution in [0.3, 0.4) is 0 Å². The smallest absolute Gasteiger partial charge is 0.359 e. The average molecular weight is 255 g/mol. The molecule has 0 bridgehead atoms. The van der Waals surface area contributed by atoms with Crippen LogP contribution in [-0.2, 0) is 4.74 Å². The molecule has 2 heterocycles. The van der Waals surface area contributed by atoms with E-state index in [0.717, 1.165) is 9.88 Å². The summed E-state index contributed by atoms with van der Waals surface area (Å²) in [5, 5.41) is 2.01. The number of thiazole rings is 2. The number of aryl methyl sites for hydroxylation is 1. The Bertz CT molecular complexity index is 533. The number of esters is 1. The van der Waals surface area contributed by atoms with E-state index in [2.05, 4.69) is 14.7 Å². The molecular formula is C9H9N3O2S2. The molecule has 84 valence electrons. The van der Waals surface area contributed by atoms with Gasteiger partial charge in [-0.1, -0.05) is 11.3 Å². The molecule has 0 amide bonds. The molecule has 0 unspecified atom stereocenters. The van der Waals surface area contributed by atoms with E-state index >= 15 is 0 Å². The van der Waals surface area contributed by atoms with E-state index in [0.29, 0.717) is 10.0 Å². The van der Waals surface area contributed by atoms with Crippen molar-refractivity contribution in [2.24, 2.45) is 0 Å². The molecule has 16 heavy (non-hydrogen) atoms. The maximum atomic E-state index is 11.3. The summed E-state index contributed by atoms with van der Waals surface area (Å²) in [6, 6.07) is 0. The zero-order chi connectivity index (χ0) is 11.7. The van der Waals surface area contributed by atoms with Crippen molar-refractivity contribution in [1.82, 2.24) is 9.97 Å². The normalized spacial score (nSPS) is 10.4. The number of anilines is 1. The second-order valence-electron chi connectivity index (χ2n) is 2.97. The molecule has 5 nitrogen and oxygen atoms in total. The van der Waals surface area contributed by atoms with Gasteiger partial charge >= 0.3 is 5.97 Å². The number of hydrogen-bond acceptors (Lipinski definition) is 7. The molecule has 0 atom stereocenters. The molecule has 0 aliphatic rings. The summed E-state index contributed by atoms with van der Waals surface area (Å²) >= 11 is 2.77. The highest BCUT2D eigenvalue weighted by molar-refractivity contribution is 7.23. The summed E-state index contributed by atoms with van der Waals surface area (Å²) in [5.41, 5.74) is 5.88. The Morgan fingerprint density at radius 1 is 1.50 bits per heavy atom. The van der Waals surface area contributed by atoms with Crippen molar-refractivity contribution in [3.8, 4) is 9.88 Å². The number of nitrogens with zero attached hydrogens (tertiary/aromatic N) is 2. The van der Waals surface area contributed by atoms with Gasteiger partial charge < -0.3 is 10.5 Å². The van der Waals surface area contributed by atoms with Crippen molar-refractivity contribution in [3.05, 3.63) is 16.9 Å². The van der Waals surface area contributed by atoms with Crippen LogP contribution < -0.4 is 5.73 Å². The lowest BCUT2D eigenvalue weighted by molar-refractivity contribution is 0.0596. The van der Waals surface area contributed by atoms with Crippen molar-refractivity contribution in [3.63, 3.8) is 0 Å². The molecule has 2 N–H and O–H groups in total. The number of methoxy groups -OCH3 is 1. The fourth-order valence-electron chi connectivity index (χ4n) is 1.14. The van der Waals surface area contributed by atoms with Gasteiger partial charge in [0.2, 0.25) is 0 Å². The number of hydrogen-bond donors (Lipinski definition) is 1. The van der Waals surface area contributed by atoms with Gasteiger partial charge in [0, 0.05) is 6.20 Å². The predicted octanol–water partition coefficient (Wildman–Crippen LogP) is 1.94. The topological polar surface area (TPSA) is 78.1 Å². The lowest BCUT2D eigenvalue weighted by Gasteiger charge is -1.93. The summed E-state index contributed by atoms with van der Waals surface area (Å²) in [6.45, 7) is 1.91. The number of ether oxygens (including phenoxy) is 1. The molecular weight excluding hydrogens is 246 g/mol. The lowest BCUT2D eigenvalue weighted by atomic mass is 10.4. The second kappa shape index (κ2) is 4.18. The van der Waals surface area contributed by atoms with Crippen LogP contribution in [0, 0.1) is 6.92 Å². The molecule has 2 aromatic rings. The third-order valence-corrected chi connectivity index (χ3v) is 3.83. The van der Waals surface area contributed by atoms with Crippen LogP contribution in [0.2, 0.25) is 0 Å². The summed E-state index contributed by atoms with van der Waals surface area (Å²) in [5.74, 6) is -0.513. The van der Waals surface area contributed by atoms with Gasteiger partial charge in [0.05, 0.1) is 17.0 Å². The molecule has 0 radical (unpaired) electrons. The van der Waals surface area contributed by atoms with E-state index in [4.69, 9.17) is 5.73 Å². The van der Waals surface area contributed by atoms with Crippen molar-refractivity contribution >= 4 is 33.6 Å². The van der Waals surface area contributed by atoms with Gasteiger partial charge in [0.1, 0.15) is 10.0 Å². The minimum absolute atomic E-state index is 0.175. The van der Waals surface area contributed by atoms with Crippen LogP contribution in [0.1, 0.15) is 15.5 Å². The molecule has 7 heteroatoms. The van der Waals surface area contributed by atoms with Crippen LogP contribution >= 0.6 is 22.7 Å². The van der Waals surface area contributed by atoms with Crippen LogP contribution in [0.4, 0.5) is 5.00 Å². The largest absolute Gasteiger partial charge is 0.464 e. The maximum Gasteiger partial charge on any atom is 0.359 e. The summed E-state index contributed by atoms with van der Waals surface area (Å²) in [7, 11) is 1.30. The van der Waals surface area contributed by atoms with E-state index in [1.54, 1.807) is 6.20 Å². The molecule has 0 saturated heterocycles. The Balaban J connectivity index is 2.41. The van der Waals surface area contributed by atoms with Gasteiger partial charge in [0.25, 0.3) is 0 Å². The molecule has 0 spiro atoms. The SMILES string of the molecule is COC(=O)c1nc(-c2cnc(C)s2)sc1N. The Morgan fingerprint density at radius 3 is 2.81 bits per heavy atom. The Labute approximate surface area is 99.9 Å². The van der Waals surface area contributed by atoms with Crippen molar-refractivity contribution < 1.29 is 9.53 Å². The quantitative estimate of drug-likeness (QED) is 0.830. The lowest BCUT2D eigenvalue weighted by Crippen LogP contribution is -2.04. The van der Waals surface area contributed by atoms with Gasteiger partial charge in [-0.2, -0.15) is 0 Å². The standard InChI is InChI=1S/C9H9N3O2S2/c1-4-11-3-5(15-4)8-12-6(7(10)16-8)9(13)14-2/h3H,10H2,1-2H3. The molecule has 0 aliphatic carbocycles. The summed E-state index contributed by atoms with van der Waals surface area (Å²) in [6.07, 6.45) is 1.72. The Morgan fingerprint density at radius 2 is 2.25 bits per heavy atom. The minimum Gasteiger partial charge on any atom is -0.464 e. The monoisotopic (exact) mass is 255 g/mol. The number of carbonyl (C=O) groups is 1. The van der Waals surface area contributed by atoms with E-state index in [1.165, 1.54) is 29.8 Å². The van der Waals surface area contributed by atoms with Gasteiger partial charge in [0.15, 0.2) is 5.69 Å². The molecule has 0 saturated carbocycles. The fourth-order valence-corrected chi connectivity index (χ4v) is 2.78. The first-order valence-electron chi connectivity index (χ1n) is 4.39. The zero-order valence-corrected chi connectivity index (χ0v) is 10.3. The van der Waals surface area contributed by atoms with E-state index < -0.39 is 5.97 Å². The van der Waals surface area contributed by atoms with Crippen LogP contribution in [0.5, 0.6) is 0 Å². The first kappa shape index (κ1) is 11.0. The molecule has 0 aromatic carbocycles. The number of nitrogens with two attached hydrogens (primary N) is 1. The van der Waals surface area contributed by atoms with Gasteiger partial charge in [-0.25, -0.2) is 14.8 Å². The van der Waals surface area contributed by atoms with Crippen LogP contribution in [0.15, 0.2) is 6.20 Å². The predicted molar refractivity (Wildman–Crippen MR) is 63.7 cm³/mol. The van der Waals surface area contributed by atoms with E-state index in [-0.39, 0.29) is 5.69 Å². The van der Waals surface area contributed by atoms with Crippen molar-refractivity contribution in [1.29, 1.82) is 0 Å². The highest BCUT2D eigenvalue weighted by Crippen LogP contribution is 2.33. The highest BCUT2D eigenvalue weighted by atomic mass is 32.1. The number of carbonyl (C=O) groups excluding carboxylic acids is 1. The van der Waals surface area contributed by atoms with Gasteiger partial charge in [-0.3, -0.25) is 0 Å². The molecule has 2 aromatic heterocycles. The zero-order valence-electron chi connectivity index (χ0n) is 8.68. The van der Waals surface area contributed by atoms with Crippen LogP contribution in [-0.4, -0.2) is 23.0 Å². The summed E-state index contributed by atoms with van der Waals surface area (Å²) in [4.78, 5) is 20.5. The third kappa shape index (κ3) is 1.91. The van der Waals surface area contributed by atoms with Gasteiger partial charge in [-0.15, -0.1) is 11.3 Å². The first-order chi connectivity index (χ1) is 7.61. The highest BCUT2D eigenvalue weighted by Gasteiger charge is 2.18. The van der Waals surface area contributed by atoms with Crippen molar-refractivity contribution in [2.75, 3.05) is 12.8 Å². The van der Waals surface area contributed by atoms with Crippen molar-refractivity contribution in [2.45, 2.75) is 6.92 Å². The Hall–Kier alpha value is -1.47. The Kier molecular flexibility index (Phi) is 2.88. The number of aromatic nitrogens is 2. The third-order valence-electron chi connectivity index (χ3n) is 1.86. The van der Waals surface area contributed by atoms with Crippen LogP contribution in [0.25, 0.3) is 9.88 Å². The first-order valence-corrected chi connectivity index (χ1v) is 6.02. The fraction of sp³-hybridized carbons (Fsp3) is 0.222. The molecule has 2 rings (SSSR count). The second-order valence-corrected chi connectivity index (χ2v) is 5.23. The molecule has 0 aliphatic heterocycles. The average Bonchev–Trinajstić information content (AvgIpc) is 2.83. The number of rotatable bonds is 2. The summed E-state index contributed by atoms with van der Waals surface area (Å²) < 4.78 is 4.58. The minimum atomic E-state index is -0.513. The van der Waals surface area contributed by atoms with Gasteiger partial charge in [-0.05, 0) is 6.92 Å². The van der Waals surface area contributed by atoms with E-state index in [9.17, 15) is 4.79 Å². The number of nitrogen functional groups attached to an aromatic ring is 1. The molecule has 0 fully saturated rings.